The summed E-state index contributed by atoms with van der Waals surface area (Å²) in [5, 5.41) is 9.34. The van der Waals surface area contributed by atoms with Crippen LogP contribution in [-0.2, 0) is 0 Å². The smallest absolute Gasteiger partial charge is 0.165 e. The van der Waals surface area contributed by atoms with Crippen LogP contribution in [-0.4, -0.2) is 5.11 Å². The zero-order valence-electron chi connectivity index (χ0n) is 14.4. The molecule has 0 radical (unpaired) electrons. The Morgan fingerprint density at radius 1 is 0.957 bits per heavy atom. The maximum absolute atomic E-state index is 13.6. The lowest BCUT2D eigenvalue weighted by Gasteiger charge is -2.38. The van der Waals surface area contributed by atoms with Gasteiger partial charge in [-0.25, -0.2) is 4.39 Å². The van der Waals surface area contributed by atoms with Crippen molar-refractivity contribution in [2.45, 2.75) is 77.0 Å². The van der Waals surface area contributed by atoms with E-state index < -0.39 is 5.82 Å². The Labute approximate surface area is 140 Å². The molecule has 2 fully saturated rings. The first-order valence-corrected chi connectivity index (χ1v) is 9.65. The first-order chi connectivity index (χ1) is 11.2. The summed E-state index contributed by atoms with van der Waals surface area (Å²) in [7, 11) is 0. The van der Waals surface area contributed by atoms with Crippen molar-refractivity contribution < 1.29 is 9.50 Å². The van der Waals surface area contributed by atoms with Gasteiger partial charge in [0.2, 0.25) is 0 Å². The predicted molar refractivity (Wildman–Crippen MR) is 93.1 cm³/mol. The van der Waals surface area contributed by atoms with Crippen LogP contribution < -0.4 is 0 Å². The van der Waals surface area contributed by atoms with Crippen molar-refractivity contribution in [3.63, 3.8) is 0 Å². The second-order valence-corrected chi connectivity index (χ2v) is 7.89. The first kappa shape index (κ1) is 16.8. The number of phenols is 1. The highest BCUT2D eigenvalue weighted by Gasteiger charge is 2.31. The Bertz CT molecular complexity index is 497. The molecule has 1 nitrogen and oxygen atoms in total. The molecule has 2 aliphatic carbocycles. The van der Waals surface area contributed by atoms with E-state index >= 15 is 0 Å². The molecule has 0 bridgehead atoms. The van der Waals surface area contributed by atoms with Crippen molar-refractivity contribution >= 4 is 0 Å². The quantitative estimate of drug-likeness (QED) is 0.680. The molecule has 0 aromatic heterocycles. The molecular weight excluding hydrogens is 287 g/mol. The lowest BCUT2D eigenvalue weighted by molar-refractivity contribution is 0.156. The minimum Gasteiger partial charge on any atom is -0.505 e. The van der Waals surface area contributed by atoms with Crippen LogP contribution >= 0.6 is 0 Å². The molecule has 0 amide bonds. The number of benzene rings is 1. The maximum atomic E-state index is 13.6. The summed E-state index contributed by atoms with van der Waals surface area (Å²) in [5.74, 6) is 2.62. The van der Waals surface area contributed by atoms with Crippen LogP contribution in [0.5, 0.6) is 5.75 Å². The average Bonchev–Trinajstić information content (AvgIpc) is 2.59. The Morgan fingerprint density at radius 3 is 2.13 bits per heavy atom. The van der Waals surface area contributed by atoms with Crippen molar-refractivity contribution in [2.75, 3.05) is 0 Å². The van der Waals surface area contributed by atoms with Crippen LogP contribution in [0.1, 0.15) is 82.6 Å². The highest BCUT2D eigenvalue weighted by Crippen LogP contribution is 2.44. The van der Waals surface area contributed by atoms with Crippen molar-refractivity contribution in [3.8, 4) is 5.75 Å². The molecule has 0 unspecified atom stereocenters. The van der Waals surface area contributed by atoms with Gasteiger partial charge in [0.25, 0.3) is 0 Å². The molecule has 2 aliphatic rings. The van der Waals surface area contributed by atoms with Gasteiger partial charge in [0.1, 0.15) is 0 Å². The molecular formula is C21H31FO. The fraction of sp³-hybridized carbons (Fsp3) is 0.714. The molecule has 0 saturated heterocycles. The number of rotatable bonds is 4. The summed E-state index contributed by atoms with van der Waals surface area (Å²) in [6.07, 6.45) is 13.5. The molecule has 0 atom stereocenters. The van der Waals surface area contributed by atoms with Gasteiger partial charge >= 0.3 is 0 Å². The normalized spacial score (nSPS) is 31.9. The van der Waals surface area contributed by atoms with E-state index in [9.17, 15) is 9.50 Å². The van der Waals surface area contributed by atoms with Crippen molar-refractivity contribution in [1.29, 1.82) is 0 Å². The Morgan fingerprint density at radius 2 is 1.57 bits per heavy atom. The molecule has 128 valence electrons. The molecule has 0 aliphatic heterocycles. The number of aromatic hydroxyl groups is 1. The average molecular weight is 318 g/mol. The van der Waals surface area contributed by atoms with E-state index in [1.165, 1.54) is 76.3 Å². The minimum absolute atomic E-state index is 0.230. The fourth-order valence-electron chi connectivity index (χ4n) is 5.06. The molecule has 1 N–H and O–H groups in total. The minimum atomic E-state index is -0.473. The van der Waals surface area contributed by atoms with Gasteiger partial charge in [0.05, 0.1) is 0 Å². The molecule has 2 saturated carbocycles. The standard InChI is InChI=1S/C21H31FO/c1-2-3-15-4-6-16(7-5-15)17-8-10-18(11-9-17)19-12-13-21(23)20(22)14-19/h12-18,23H,2-11H2,1H3/t15-,16-,17?,18?. The molecule has 2 heteroatoms. The summed E-state index contributed by atoms with van der Waals surface area (Å²) < 4.78 is 13.6. The van der Waals surface area contributed by atoms with Crippen LogP contribution in [0.3, 0.4) is 0 Å². The van der Waals surface area contributed by atoms with Crippen LogP contribution in [0.15, 0.2) is 18.2 Å². The Kier molecular flexibility index (Phi) is 5.61. The lowest BCUT2D eigenvalue weighted by atomic mass is 9.68. The third-order valence-corrected chi connectivity index (χ3v) is 6.47. The van der Waals surface area contributed by atoms with Gasteiger partial charge < -0.3 is 5.11 Å². The molecule has 0 heterocycles. The monoisotopic (exact) mass is 318 g/mol. The topological polar surface area (TPSA) is 20.2 Å². The van der Waals surface area contributed by atoms with Crippen LogP contribution in [0.4, 0.5) is 4.39 Å². The third-order valence-electron chi connectivity index (χ3n) is 6.47. The summed E-state index contributed by atoms with van der Waals surface area (Å²) >= 11 is 0. The summed E-state index contributed by atoms with van der Waals surface area (Å²) in [5.41, 5.74) is 1.07. The third kappa shape index (κ3) is 4.08. The van der Waals surface area contributed by atoms with Crippen molar-refractivity contribution in [3.05, 3.63) is 29.6 Å². The van der Waals surface area contributed by atoms with E-state index in [0.29, 0.717) is 5.92 Å². The Balaban J connectivity index is 1.50. The van der Waals surface area contributed by atoms with E-state index in [-0.39, 0.29) is 5.75 Å². The van der Waals surface area contributed by atoms with Crippen LogP contribution in [0, 0.1) is 23.6 Å². The summed E-state index contributed by atoms with van der Waals surface area (Å²) in [6.45, 7) is 2.31. The molecule has 23 heavy (non-hydrogen) atoms. The van der Waals surface area contributed by atoms with Crippen molar-refractivity contribution in [2.24, 2.45) is 17.8 Å². The second-order valence-electron chi connectivity index (χ2n) is 7.89. The highest BCUT2D eigenvalue weighted by atomic mass is 19.1. The summed E-state index contributed by atoms with van der Waals surface area (Å²) in [6, 6.07) is 4.95. The van der Waals surface area contributed by atoms with E-state index in [0.717, 1.165) is 23.3 Å². The van der Waals surface area contributed by atoms with Gasteiger partial charge in [-0.15, -0.1) is 0 Å². The van der Waals surface area contributed by atoms with Crippen LogP contribution in [0.25, 0.3) is 0 Å². The number of hydrogen-bond acceptors (Lipinski definition) is 1. The molecule has 3 rings (SSSR count). The van der Waals surface area contributed by atoms with Gasteiger partial charge in [-0.3, -0.25) is 0 Å². The zero-order chi connectivity index (χ0) is 16.2. The van der Waals surface area contributed by atoms with E-state index in [1.54, 1.807) is 0 Å². The van der Waals surface area contributed by atoms with Gasteiger partial charge in [0.15, 0.2) is 11.6 Å². The second kappa shape index (κ2) is 7.68. The van der Waals surface area contributed by atoms with E-state index in [2.05, 4.69) is 6.92 Å². The molecule has 1 aromatic rings. The zero-order valence-corrected chi connectivity index (χ0v) is 14.4. The van der Waals surface area contributed by atoms with Gasteiger partial charge in [0, 0.05) is 0 Å². The van der Waals surface area contributed by atoms with E-state index in [4.69, 9.17) is 0 Å². The number of hydrogen-bond donors (Lipinski definition) is 1. The largest absolute Gasteiger partial charge is 0.505 e. The highest BCUT2D eigenvalue weighted by molar-refractivity contribution is 5.30. The SMILES string of the molecule is CCC[C@H]1CC[C@H](C2CCC(c3ccc(O)c(F)c3)CC2)CC1. The number of phenolic OH excluding ortho intramolecular Hbond substituents is 1. The predicted octanol–water partition coefficient (Wildman–Crippen LogP) is 6.41. The first-order valence-electron chi connectivity index (χ1n) is 9.65. The number of halogens is 1. The maximum Gasteiger partial charge on any atom is 0.165 e. The van der Waals surface area contributed by atoms with E-state index in [1.807, 2.05) is 6.07 Å². The van der Waals surface area contributed by atoms with Gasteiger partial charge in [-0.2, -0.15) is 0 Å². The lowest BCUT2D eigenvalue weighted by Crippen LogP contribution is -2.25. The summed E-state index contributed by atoms with van der Waals surface area (Å²) in [4.78, 5) is 0. The van der Waals surface area contributed by atoms with Gasteiger partial charge in [-0.1, -0.05) is 38.7 Å². The van der Waals surface area contributed by atoms with Gasteiger partial charge in [-0.05, 0) is 79.9 Å². The molecule has 1 aromatic carbocycles. The Hall–Kier alpha value is -1.05. The van der Waals surface area contributed by atoms with Crippen molar-refractivity contribution in [1.82, 2.24) is 0 Å². The molecule has 0 spiro atoms. The van der Waals surface area contributed by atoms with Crippen LogP contribution in [0.2, 0.25) is 0 Å². The fourth-order valence-corrected chi connectivity index (χ4v) is 5.06.